The molecule has 0 spiro atoms. The van der Waals surface area contributed by atoms with Crippen LogP contribution in [0.2, 0.25) is 0 Å². The van der Waals surface area contributed by atoms with Crippen LogP contribution < -0.4 is 0 Å². The summed E-state index contributed by atoms with van der Waals surface area (Å²) in [6, 6.07) is 6.63. The van der Waals surface area contributed by atoms with E-state index < -0.39 is 5.60 Å². The summed E-state index contributed by atoms with van der Waals surface area (Å²) in [5.41, 5.74) is 3.39. The van der Waals surface area contributed by atoms with Crippen LogP contribution in [-0.2, 0) is 6.42 Å². The maximum Gasteiger partial charge on any atom is 0.0713 e. The molecule has 1 heteroatoms. The summed E-state index contributed by atoms with van der Waals surface area (Å²) < 4.78 is 0. The minimum absolute atomic E-state index is 0.405. The summed E-state index contributed by atoms with van der Waals surface area (Å²) >= 11 is 0. The molecular weight excluding hydrogens is 220 g/mol. The van der Waals surface area contributed by atoms with Crippen LogP contribution in [0.1, 0.15) is 49.8 Å². The van der Waals surface area contributed by atoms with Crippen LogP contribution in [0.3, 0.4) is 0 Å². The van der Waals surface area contributed by atoms with Gasteiger partial charge in [-0.2, -0.15) is 0 Å². The van der Waals surface area contributed by atoms with E-state index in [4.69, 9.17) is 0 Å². The van der Waals surface area contributed by atoms with E-state index in [9.17, 15) is 5.11 Å². The van der Waals surface area contributed by atoms with Crippen LogP contribution in [-0.4, -0.2) is 10.7 Å². The number of rotatable bonds is 2. The summed E-state index contributed by atoms with van der Waals surface area (Å²) in [6.07, 6.45) is 4.07. The molecule has 0 heterocycles. The molecule has 1 N–H and O–H groups in total. The fourth-order valence-electron chi connectivity index (χ4n) is 3.47. The highest BCUT2D eigenvalue weighted by atomic mass is 16.3. The maximum absolute atomic E-state index is 10.9. The van der Waals surface area contributed by atoms with Crippen molar-refractivity contribution < 1.29 is 5.11 Å². The molecule has 0 amide bonds. The Morgan fingerprint density at radius 1 is 1.17 bits per heavy atom. The summed E-state index contributed by atoms with van der Waals surface area (Å²) in [7, 11) is 0. The van der Waals surface area contributed by atoms with Gasteiger partial charge in [0.05, 0.1) is 5.60 Å². The number of hydrogen-bond acceptors (Lipinski definition) is 1. The predicted molar refractivity (Wildman–Crippen MR) is 76.7 cm³/mol. The van der Waals surface area contributed by atoms with E-state index in [-0.39, 0.29) is 0 Å². The third-order valence-electron chi connectivity index (χ3n) is 4.54. The topological polar surface area (TPSA) is 20.2 Å². The van der Waals surface area contributed by atoms with Gasteiger partial charge in [0.2, 0.25) is 0 Å². The van der Waals surface area contributed by atoms with E-state index in [1.54, 1.807) is 0 Å². The standard InChI is InChI=1S/C17H26O/c1-12-5-6-17(18,15(4)8-12)11-16-9-13(2)7-14(3)10-16/h7,9-10,12,15,18H,5-6,8,11H2,1-4H3. The van der Waals surface area contributed by atoms with Crippen LogP contribution in [0.4, 0.5) is 0 Å². The fourth-order valence-corrected chi connectivity index (χ4v) is 3.47. The molecule has 1 aromatic rings. The lowest BCUT2D eigenvalue weighted by Crippen LogP contribution is -2.43. The molecule has 3 atom stereocenters. The quantitative estimate of drug-likeness (QED) is 0.835. The first-order chi connectivity index (χ1) is 8.39. The Morgan fingerprint density at radius 2 is 1.78 bits per heavy atom. The molecule has 1 aliphatic rings. The minimum atomic E-state index is -0.493. The average molecular weight is 246 g/mol. The lowest BCUT2D eigenvalue weighted by molar-refractivity contribution is -0.0522. The summed E-state index contributed by atoms with van der Waals surface area (Å²) in [5, 5.41) is 10.9. The summed E-state index contributed by atoms with van der Waals surface area (Å²) in [4.78, 5) is 0. The Morgan fingerprint density at radius 3 is 2.33 bits per heavy atom. The molecule has 2 rings (SSSR count). The average Bonchev–Trinajstić information content (AvgIpc) is 2.23. The van der Waals surface area contributed by atoms with Gasteiger partial charge < -0.3 is 5.11 Å². The van der Waals surface area contributed by atoms with E-state index in [1.807, 2.05) is 0 Å². The van der Waals surface area contributed by atoms with Crippen molar-refractivity contribution in [2.24, 2.45) is 11.8 Å². The van der Waals surface area contributed by atoms with Gasteiger partial charge in [0.15, 0.2) is 0 Å². The molecule has 0 radical (unpaired) electrons. The lowest BCUT2D eigenvalue weighted by Gasteiger charge is -2.41. The molecule has 0 saturated heterocycles. The van der Waals surface area contributed by atoms with Gasteiger partial charge >= 0.3 is 0 Å². The molecule has 1 saturated carbocycles. The predicted octanol–water partition coefficient (Wildman–Crippen LogP) is 4.03. The first kappa shape index (κ1) is 13.6. The van der Waals surface area contributed by atoms with Crippen LogP contribution >= 0.6 is 0 Å². The monoisotopic (exact) mass is 246 g/mol. The van der Waals surface area contributed by atoms with Gasteiger partial charge in [-0.25, -0.2) is 0 Å². The maximum atomic E-state index is 10.9. The Labute approximate surface area is 111 Å². The molecule has 1 aromatic carbocycles. The molecule has 18 heavy (non-hydrogen) atoms. The zero-order chi connectivity index (χ0) is 13.3. The Balaban J connectivity index is 2.16. The second kappa shape index (κ2) is 5.05. The SMILES string of the molecule is Cc1cc(C)cc(CC2(O)CCC(C)CC2C)c1. The van der Waals surface area contributed by atoms with Gasteiger partial charge in [-0.05, 0) is 50.5 Å². The zero-order valence-electron chi connectivity index (χ0n) is 12.2. The lowest BCUT2D eigenvalue weighted by atomic mass is 9.70. The van der Waals surface area contributed by atoms with Crippen molar-refractivity contribution in [2.75, 3.05) is 0 Å². The van der Waals surface area contributed by atoms with Gasteiger partial charge in [-0.15, -0.1) is 0 Å². The normalized spacial score (nSPS) is 32.5. The van der Waals surface area contributed by atoms with Crippen molar-refractivity contribution >= 4 is 0 Å². The first-order valence-electron chi connectivity index (χ1n) is 7.18. The minimum Gasteiger partial charge on any atom is -0.389 e. The third kappa shape index (κ3) is 2.95. The van der Waals surface area contributed by atoms with E-state index in [0.717, 1.165) is 31.6 Å². The highest BCUT2D eigenvalue weighted by molar-refractivity contribution is 5.29. The van der Waals surface area contributed by atoms with Crippen LogP contribution in [0.25, 0.3) is 0 Å². The number of aliphatic hydroxyl groups is 1. The molecule has 0 bridgehead atoms. The van der Waals surface area contributed by atoms with Gasteiger partial charge in [0.1, 0.15) is 0 Å². The molecule has 3 unspecified atom stereocenters. The van der Waals surface area contributed by atoms with E-state index in [1.165, 1.54) is 16.7 Å². The van der Waals surface area contributed by atoms with E-state index >= 15 is 0 Å². The Bertz CT molecular complexity index is 403. The molecule has 0 aromatic heterocycles. The third-order valence-corrected chi connectivity index (χ3v) is 4.54. The van der Waals surface area contributed by atoms with Crippen molar-refractivity contribution in [1.82, 2.24) is 0 Å². The molecular formula is C17H26O. The van der Waals surface area contributed by atoms with Crippen molar-refractivity contribution in [1.29, 1.82) is 0 Å². The second-order valence-corrected chi connectivity index (χ2v) is 6.56. The molecule has 100 valence electrons. The van der Waals surface area contributed by atoms with Crippen molar-refractivity contribution in [3.8, 4) is 0 Å². The van der Waals surface area contributed by atoms with Gasteiger partial charge in [-0.1, -0.05) is 43.2 Å². The Kier molecular flexibility index (Phi) is 3.82. The van der Waals surface area contributed by atoms with Crippen LogP contribution in [0.15, 0.2) is 18.2 Å². The smallest absolute Gasteiger partial charge is 0.0713 e. The fraction of sp³-hybridized carbons (Fsp3) is 0.647. The van der Waals surface area contributed by atoms with Gasteiger partial charge in [-0.3, -0.25) is 0 Å². The second-order valence-electron chi connectivity index (χ2n) is 6.56. The number of aryl methyl sites for hydroxylation is 2. The molecule has 1 fully saturated rings. The van der Waals surface area contributed by atoms with Crippen molar-refractivity contribution in [2.45, 2.75) is 59.0 Å². The van der Waals surface area contributed by atoms with E-state index in [2.05, 4.69) is 45.9 Å². The highest BCUT2D eigenvalue weighted by Crippen LogP contribution is 2.38. The van der Waals surface area contributed by atoms with Gasteiger partial charge in [0, 0.05) is 6.42 Å². The number of benzene rings is 1. The van der Waals surface area contributed by atoms with Crippen LogP contribution in [0, 0.1) is 25.7 Å². The van der Waals surface area contributed by atoms with Gasteiger partial charge in [0.25, 0.3) is 0 Å². The molecule has 1 nitrogen and oxygen atoms in total. The van der Waals surface area contributed by atoms with E-state index in [0.29, 0.717) is 5.92 Å². The first-order valence-corrected chi connectivity index (χ1v) is 7.18. The van der Waals surface area contributed by atoms with Crippen molar-refractivity contribution in [3.05, 3.63) is 34.9 Å². The zero-order valence-corrected chi connectivity index (χ0v) is 12.2. The van der Waals surface area contributed by atoms with Crippen LogP contribution in [0.5, 0.6) is 0 Å². The summed E-state index contributed by atoms with van der Waals surface area (Å²) in [5.74, 6) is 1.17. The Hall–Kier alpha value is -0.820. The molecule has 0 aliphatic heterocycles. The van der Waals surface area contributed by atoms with Crippen molar-refractivity contribution in [3.63, 3.8) is 0 Å². The molecule has 1 aliphatic carbocycles. The largest absolute Gasteiger partial charge is 0.389 e. The highest BCUT2D eigenvalue weighted by Gasteiger charge is 2.38. The summed E-state index contributed by atoms with van der Waals surface area (Å²) in [6.45, 7) is 8.77. The number of hydrogen-bond donors (Lipinski definition) is 1.